The van der Waals surface area contributed by atoms with Gasteiger partial charge in [0, 0.05) is 34.0 Å². The van der Waals surface area contributed by atoms with Gasteiger partial charge in [0.2, 0.25) is 0 Å². The molecule has 1 unspecified atom stereocenters. The van der Waals surface area contributed by atoms with Crippen molar-refractivity contribution in [2.24, 2.45) is 5.92 Å². The summed E-state index contributed by atoms with van der Waals surface area (Å²) in [5, 5.41) is 8.70. The van der Waals surface area contributed by atoms with Gasteiger partial charge in [0.25, 0.3) is 5.91 Å². The lowest BCUT2D eigenvalue weighted by Gasteiger charge is -2.17. The van der Waals surface area contributed by atoms with Crippen molar-refractivity contribution in [2.45, 2.75) is 19.3 Å². The third kappa shape index (κ3) is 4.06. The van der Waals surface area contributed by atoms with Crippen LogP contribution in [0.3, 0.4) is 0 Å². The predicted molar refractivity (Wildman–Crippen MR) is 82.7 cm³/mol. The largest absolute Gasteiger partial charge is 0.481 e. The number of rotatable bonds is 4. The van der Waals surface area contributed by atoms with Gasteiger partial charge in [-0.15, -0.1) is 0 Å². The summed E-state index contributed by atoms with van der Waals surface area (Å²) in [5.41, 5.74) is 0.644. The number of carbonyl (C=O) groups is 2. The molecule has 1 N–H and O–H groups in total. The molecule has 1 aliphatic rings. The van der Waals surface area contributed by atoms with Crippen LogP contribution in [0.1, 0.15) is 29.6 Å². The molecule has 4 nitrogen and oxygen atoms in total. The van der Waals surface area contributed by atoms with Gasteiger partial charge in [-0.3, -0.25) is 9.59 Å². The van der Waals surface area contributed by atoms with Gasteiger partial charge in [-0.25, -0.2) is 0 Å². The first-order valence-corrected chi connectivity index (χ1v) is 8.01. The third-order valence-corrected chi connectivity index (χ3v) is 4.36. The molecule has 1 aromatic carbocycles. The van der Waals surface area contributed by atoms with Crippen molar-refractivity contribution in [1.29, 1.82) is 0 Å². The van der Waals surface area contributed by atoms with Crippen LogP contribution in [0.4, 0.5) is 0 Å². The number of carbonyl (C=O) groups excluding carboxylic acids is 1. The Hall–Kier alpha value is -0.880. The minimum absolute atomic E-state index is 0.00447. The molecule has 1 saturated heterocycles. The molecular formula is C14H15Br2NO3. The first-order chi connectivity index (χ1) is 9.45. The van der Waals surface area contributed by atoms with Gasteiger partial charge in [0.1, 0.15) is 0 Å². The highest BCUT2D eigenvalue weighted by Crippen LogP contribution is 2.25. The molecule has 1 heterocycles. The average Bonchev–Trinajstić information content (AvgIpc) is 2.83. The van der Waals surface area contributed by atoms with E-state index in [9.17, 15) is 9.59 Å². The molecule has 1 fully saturated rings. The van der Waals surface area contributed by atoms with E-state index in [0.717, 1.165) is 15.4 Å². The Morgan fingerprint density at radius 3 is 2.50 bits per heavy atom. The van der Waals surface area contributed by atoms with Crippen molar-refractivity contribution in [3.8, 4) is 0 Å². The molecule has 6 heteroatoms. The monoisotopic (exact) mass is 403 g/mol. The topological polar surface area (TPSA) is 57.6 Å². The van der Waals surface area contributed by atoms with E-state index in [1.165, 1.54) is 0 Å². The van der Waals surface area contributed by atoms with E-state index in [0.29, 0.717) is 31.0 Å². The van der Waals surface area contributed by atoms with Gasteiger partial charge in [-0.1, -0.05) is 31.9 Å². The summed E-state index contributed by atoms with van der Waals surface area (Å²) < 4.78 is 1.72. The van der Waals surface area contributed by atoms with Crippen LogP contribution in [-0.2, 0) is 4.79 Å². The molecule has 1 aromatic rings. The van der Waals surface area contributed by atoms with Crippen molar-refractivity contribution in [3.05, 3.63) is 32.7 Å². The fraction of sp³-hybridized carbons (Fsp3) is 0.429. The van der Waals surface area contributed by atoms with Gasteiger partial charge in [0.05, 0.1) is 0 Å². The maximum absolute atomic E-state index is 12.4. The number of likely N-dealkylation sites (tertiary alicyclic amines) is 1. The zero-order valence-electron chi connectivity index (χ0n) is 10.8. The standard InChI is InChI=1S/C14H15Br2NO3/c15-11-5-10(6-12(16)7-11)14(20)17-4-3-9(8-17)1-2-13(18)19/h5-7,9H,1-4,8H2,(H,18,19). The lowest BCUT2D eigenvalue weighted by Crippen LogP contribution is -2.28. The number of nitrogens with zero attached hydrogens (tertiary/aromatic N) is 1. The molecule has 1 atom stereocenters. The summed E-state index contributed by atoms with van der Waals surface area (Å²) in [6.07, 6.45) is 1.70. The third-order valence-electron chi connectivity index (χ3n) is 3.45. The molecule has 20 heavy (non-hydrogen) atoms. The van der Waals surface area contributed by atoms with Gasteiger partial charge in [-0.05, 0) is 37.0 Å². The van der Waals surface area contributed by atoms with E-state index in [1.807, 2.05) is 6.07 Å². The lowest BCUT2D eigenvalue weighted by molar-refractivity contribution is -0.137. The lowest BCUT2D eigenvalue weighted by atomic mass is 10.0. The van der Waals surface area contributed by atoms with Gasteiger partial charge < -0.3 is 10.0 Å². The average molecular weight is 405 g/mol. The zero-order chi connectivity index (χ0) is 14.7. The van der Waals surface area contributed by atoms with Crippen molar-refractivity contribution < 1.29 is 14.7 Å². The number of hydrogen-bond acceptors (Lipinski definition) is 2. The number of aliphatic carboxylic acids is 1. The van der Waals surface area contributed by atoms with E-state index in [1.54, 1.807) is 17.0 Å². The van der Waals surface area contributed by atoms with E-state index in [-0.39, 0.29) is 12.3 Å². The fourth-order valence-corrected chi connectivity index (χ4v) is 3.73. The summed E-state index contributed by atoms with van der Waals surface area (Å²) in [7, 11) is 0. The first kappa shape index (κ1) is 15.5. The zero-order valence-corrected chi connectivity index (χ0v) is 14.0. The number of halogens is 2. The predicted octanol–water partition coefficient (Wildman–Crippen LogP) is 3.54. The Morgan fingerprint density at radius 1 is 1.25 bits per heavy atom. The maximum Gasteiger partial charge on any atom is 0.303 e. The first-order valence-electron chi connectivity index (χ1n) is 6.43. The molecule has 0 aromatic heterocycles. The maximum atomic E-state index is 12.4. The summed E-state index contributed by atoms with van der Waals surface area (Å²) in [5.74, 6) is -0.471. The summed E-state index contributed by atoms with van der Waals surface area (Å²) in [6.45, 7) is 1.35. The molecule has 2 rings (SSSR count). The SMILES string of the molecule is O=C(O)CCC1CCN(C(=O)c2cc(Br)cc(Br)c2)C1. The molecule has 0 radical (unpaired) electrons. The van der Waals surface area contributed by atoms with Gasteiger partial charge in [-0.2, -0.15) is 0 Å². The Morgan fingerprint density at radius 2 is 1.90 bits per heavy atom. The molecular weight excluding hydrogens is 390 g/mol. The smallest absolute Gasteiger partial charge is 0.303 e. The molecule has 108 valence electrons. The van der Waals surface area contributed by atoms with E-state index in [2.05, 4.69) is 31.9 Å². The van der Waals surface area contributed by atoms with Crippen LogP contribution in [0.25, 0.3) is 0 Å². The fourth-order valence-electron chi connectivity index (χ4n) is 2.44. The number of benzene rings is 1. The minimum Gasteiger partial charge on any atom is -0.481 e. The van der Waals surface area contributed by atoms with Crippen LogP contribution in [0.15, 0.2) is 27.1 Å². The second-order valence-corrected chi connectivity index (χ2v) is 6.83. The number of amides is 1. The Labute approximate surface area is 134 Å². The van der Waals surface area contributed by atoms with Crippen LogP contribution < -0.4 is 0 Å². The number of carboxylic acid groups (broad SMARTS) is 1. The van der Waals surface area contributed by atoms with Crippen LogP contribution in [-0.4, -0.2) is 35.0 Å². The van der Waals surface area contributed by atoms with E-state index in [4.69, 9.17) is 5.11 Å². The van der Waals surface area contributed by atoms with Crippen molar-refractivity contribution in [1.82, 2.24) is 4.90 Å². The van der Waals surface area contributed by atoms with Crippen LogP contribution >= 0.6 is 31.9 Å². The van der Waals surface area contributed by atoms with Crippen LogP contribution in [0.5, 0.6) is 0 Å². The highest BCUT2D eigenvalue weighted by Gasteiger charge is 2.27. The normalized spacial score (nSPS) is 18.3. The second kappa shape index (κ2) is 6.72. The summed E-state index contributed by atoms with van der Waals surface area (Å²) in [6, 6.07) is 5.49. The molecule has 0 spiro atoms. The molecule has 1 aliphatic heterocycles. The summed E-state index contributed by atoms with van der Waals surface area (Å²) in [4.78, 5) is 24.8. The second-order valence-electron chi connectivity index (χ2n) is 5.00. The molecule has 0 saturated carbocycles. The van der Waals surface area contributed by atoms with Crippen LogP contribution in [0, 0.1) is 5.92 Å². The minimum atomic E-state index is -0.773. The highest BCUT2D eigenvalue weighted by molar-refractivity contribution is 9.11. The van der Waals surface area contributed by atoms with E-state index < -0.39 is 5.97 Å². The van der Waals surface area contributed by atoms with E-state index >= 15 is 0 Å². The number of carboxylic acids is 1. The van der Waals surface area contributed by atoms with Crippen molar-refractivity contribution in [2.75, 3.05) is 13.1 Å². The van der Waals surface area contributed by atoms with Crippen LogP contribution in [0.2, 0.25) is 0 Å². The Balaban J connectivity index is 1.98. The highest BCUT2D eigenvalue weighted by atomic mass is 79.9. The van der Waals surface area contributed by atoms with Crippen molar-refractivity contribution >= 4 is 43.7 Å². The van der Waals surface area contributed by atoms with Crippen molar-refractivity contribution in [3.63, 3.8) is 0 Å². The number of hydrogen-bond donors (Lipinski definition) is 1. The molecule has 0 aliphatic carbocycles. The van der Waals surface area contributed by atoms with Gasteiger partial charge in [0.15, 0.2) is 0 Å². The van der Waals surface area contributed by atoms with Gasteiger partial charge >= 0.3 is 5.97 Å². The Kier molecular flexibility index (Phi) is 5.21. The summed E-state index contributed by atoms with van der Waals surface area (Å²) >= 11 is 6.75. The quantitative estimate of drug-likeness (QED) is 0.834. The Bertz CT molecular complexity index is 513. The molecule has 0 bridgehead atoms. The molecule has 1 amide bonds.